The summed E-state index contributed by atoms with van der Waals surface area (Å²) < 4.78 is 6.57. The topological polar surface area (TPSA) is 82.3 Å². The lowest BCUT2D eigenvalue weighted by atomic mass is 10.1. The quantitative estimate of drug-likeness (QED) is 0.628. The normalized spacial score (nSPS) is 15.3. The van der Waals surface area contributed by atoms with Gasteiger partial charge in [0.15, 0.2) is 12.4 Å². The predicted molar refractivity (Wildman–Crippen MR) is 86.5 cm³/mol. The summed E-state index contributed by atoms with van der Waals surface area (Å²) in [5, 5.41) is 11.3. The number of aryl methyl sites for hydroxylation is 2. The van der Waals surface area contributed by atoms with Gasteiger partial charge in [0.2, 0.25) is 5.88 Å². The largest absolute Gasteiger partial charge is 0.619 e. The number of likely N-dealkylation sites (tertiary alicyclic amines) is 1. The van der Waals surface area contributed by atoms with Crippen LogP contribution >= 0.6 is 0 Å². The molecule has 24 heavy (non-hydrogen) atoms. The van der Waals surface area contributed by atoms with Gasteiger partial charge in [-0.1, -0.05) is 0 Å². The third-order valence-electron chi connectivity index (χ3n) is 3.98. The number of hydrogen-bond donors (Lipinski definition) is 0. The first kappa shape index (κ1) is 16.2. The maximum atomic E-state index is 12.4. The molecule has 1 amide bonds. The van der Waals surface area contributed by atoms with Crippen molar-refractivity contribution >= 4 is 5.91 Å². The summed E-state index contributed by atoms with van der Waals surface area (Å²) in [5.74, 6) is 1.15. The number of carbonyl (C=O) groups excluding carboxylic acids is 1. The number of aromatic nitrogens is 3. The molecule has 2 aromatic rings. The lowest BCUT2D eigenvalue weighted by Crippen LogP contribution is -2.42. The fourth-order valence-electron chi connectivity index (χ4n) is 2.85. The number of ether oxygens (including phenoxy) is 1. The van der Waals surface area contributed by atoms with Crippen LogP contribution in [-0.4, -0.2) is 40.0 Å². The summed E-state index contributed by atoms with van der Waals surface area (Å²) in [5.41, 5.74) is 1.29. The molecule has 0 radical (unpaired) electrons. The number of carbonyl (C=O) groups is 1. The van der Waals surface area contributed by atoms with Gasteiger partial charge in [-0.05, 0) is 19.9 Å². The van der Waals surface area contributed by atoms with E-state index in [4.69, 9.17) is 4.74 Å². The van der Waals surface area contributed by atoms with E-state index in [2.05, 4.69) is 9.97 Å². The summed E-state index contributed by atoms with van der Waals surface area (Å²) in [6.07, 6.45) is 4.17. The molecular formula is C17H20N4O3. The van der Waals surface area contributed by atoms with Crippen LogP contribution in [0.3, 0.4) is 0 Å². The minimum atomic E-state index is -0.118. The second-order valence-electron chi connectivity index (χ2n) is 5.96. The smallest absolute Gasteiger partial charge is 0.259 e. The van der Waals surface area contributed by atoms with Crippen LogP contribution in [0.2, 0.25) is 0 Å². The van der Waals surface area contributed by atoms with Crippen LogP contribution in [0.25, 0.3) is 0 Å². The van der Waals surface area contributed by atoms with Crippen LogP contribution in [0.15, 0.2) is 30.6 Å². The van der Waals surface area contributed by atoms with E-state index in [0.717, 1.165) is 18.5 Å². The van der Waals surface area contributed by atoms with Crippen LogP contribution in [0.5, 0.6) is 5.88 Å². The molecule has 0 atom stereocenters. The molecule has 7 heteroatoms. The van der Waals surface area contributed by atoms with Gasteiger partial charge in [-0.2, -0.15) is 9.71 Å². The highest BCUT2D eigenvalue weighted by Gasteiger charge is 2.26. The molecule has 126 valence electrons. The first-order valence-corrected chi connectivity index (χ1v) is 7.98. The fourth-order valence-corrected chi connectivity index (χ4v) is 2.85. The third kappa shape index (κ3) is 3.79. The predicted octanol–water partition coefficient (Wildman–Crippen LogP) is 1.41. The minimum absolute atomic E-state index is 0.0305. The van der Waals surface area contributed by atoms with Crippen molar-refractivity contribution in [3.05, 3.63) is 52.9 Å². The van der Waals surface area contributed by atoms with Crippen molar-refractivity contribution in [3.63, 3.8) is 0 Å². The molecule has 3 heterocycles. The molecule has 0 N–H and O–H groups in total. The molecule has 0 bridgehead atoms. The Hall–Kier alpha value is -2.70. The molecule has 1 aliphatic rings. The Kier molecular flexibility index (Phi) is 4.59. The van der Waals surface area contributed by atoms with Crippen LogP contribution < -0.4 is 9.47 Å². The van der Waals surface area contributed by atoms with E-state index < -0.39 is 0 Å². The van der Waals surface area contributed by atoms with E-state index in [9.17, 15) is 10.0 Å². The lowest BCUT2D eigenvalue weighted by molar-refractivity contribution is -0.605. The molecule has 3 rings (SSSR count). The van der Waals surface area contributed by atoms with Crippen LogP contribution in [-0.2, 0) is 0 Å². The van der Waals surface area contributed by atoms with Gasteiger partial charge in [-0.15, -0.1) is 0 Å². The van der Waals surface area contributed by atoms with E-state index in [-0.39, 0.29) is 12.0 Å². The Morgan fingerprint density at radius 1 is 1.33 bits per heavy atom. The number of hydrogen-bond acceptors (Lipinski definition) is 5. The molecule has 0 unspecified atom stereocenters. The maximum absolute atomic E-state index is 12.4. The summed E-state index contributed by atoms with van der Waals surface area (Å²) in [6, 6.07) is 5.06. The van der Waals surface area contributed by atoms with Gasteiger partial charge < -0.3 is 14.8 Å². The van der Waals surface area contributed by atoms with Crippen LogP contribution in [0.4, 0.5) is 0 Å². The second-order valence-corrected chi connectivity index (χ2v) is 5.96. The average molecular weight is 328 g/mol. The molecule has 2 aromatic heterocycles. The van der Waals surface area contributed by atoms with Crippen LogP contribution in [0, 0.1) is 19.1 Å². The van der Waals surface area contributed by atoms with E-state index in [1.54, 1.807) is 17.0 Å². The molecule has 1 fully saturated rings. The molecule has 1 saturated heterocycles. The van der Waals surface area contributed by atoms with Gasteiger partial charge in [0.1, 0.15) is 17.5 Å². The highest BCUT2D eigenvalue weighted by atomic mass is 16.5. The Morgan fingerprint density at radius 2 is 2.08 bits per heavy atom. The molecular weight excluding hydrogens is 308 g/mol. The highest BCUT2D eigenvalue weighted by molar-refractivity contribution is 5.93. The molecule has 1 aliphatic heterocycles. The Labute approximate surface area is 140 Å². The van der Waals surface area contributed by atoms with Crippen LogP contribution in [0.1, 0.15) is 34.7 Å². The zero-order chi connectivity index (χ0) is 17.1. The van der Waals surface area contributed by atoms with Crippen molar-refractivity contribution in [1.29, 1.82) is 0 Å². The zero-order valence-electron chi connectivity index (χ0n) is 13.8. The molecule has 0 saturated carbocycles. The monoisotopic (exact) mass is 328 g/mol. The third-order valence-corrected chi connectivity index (χ3v) is 3.98. The van der Waals surface area contributed by atoms with Gasteiger partial charge in [-0.3, -0.25) is 4.79 Å². The summed E-state index contributed by atoms with van der Waals surface area (Å²) in [7, 11) is 0. The van der Waals surface area contributed by atoms with E-state index in [1.165, 1.54) is 12.4 Å². The summed E-state index contributed by atoms with van der Waals surface area (Å²) in [6.45, 7) is 4.94. The summed E-state index contributed by atoms with van der Waals surface area (Å²) >= 11 is 0. The number of rotatable bonds is 3. The number of nitrogens with zero attached hydrogens (tertiary/aromatic N) is 4. The molecule has 0 aliphatic carbocycles. The molecule has 7 nitrogen and oxygen atoms in total. The average Bonchev–Trinajstić information content (AvgIpc) is 2.54. The van der Waals surface area contributed by atoms with Crippen molar-refractivity contribution in [1.82, 2.24) is 14.9 Å². The summed E-state index contributed by atoms with van der Waals surface area (Å²) in [4.78, 5) is 22.7. The Bertz CT molecular complexity index is 722. The molecule has 0 spiro atoms. The Balaban J connectivity index is 1.58. The first-order chi connectivity index (χ1) is 11.5. The maximum Gasteiger partial charge on any atom is 0.259 e. The number of piperidine rings is 1. The molecule has 0 aromatic carbocycles. The van der Waals surface area contributed by atoms with Crippen molar-refractivity contribution in [3.8, 4) is 5.88 Å². The Morgan fingerprint density at radius 3 is 2.75 bits per heavy atom. The van der Waals surface area contributed by atoms with Gasteiger partial charge in [0, 0.05) is 43.8 Å². The van der Waals surface area contributed by atoms with E-state index in [1.807, 2.05) is 19.9 Å². The van der Waals surface area contributed by atoms with Gasteiger partial charge >= 0.3 is 0 Å². The minimum Gasteiger partial charge on any atom is -0.619 e. The van der Waals surface area contributed by atoms with Gasteiger partial charge in [0.05, 0.1) is 0 Å². The van der Waals surface area contributed by atoms with Gasteiger partial charge in [-0.25, -0.2) is 4.98 Å². The van der Waals surface area contributed by atoms with E-state index in [0.29, 0.717) is 35.1 Å². The fraction of sp³-hybridized carbons (Fsp3) is 0.412. The van der Waals surface area contributed by atoms with E-state index >= 15 is 0 Å². The van der Waals surface area contributed by atoms with Gasteiger partial charge in [0.25, 0.3) is 5.91 Å². The van der Waals surface area contributed by atoms with Crippen molar-refractivity contribution in [2.75, 3.05) is 13.1 Å². The second kappa shape index (κ2) is 6.82. The van der Waals surface area contributed by atoms with Crippen molar-refractivity contribution in [2.45, 2.75) is 32.8 Å². The van der Waals surface area contributed by atoms with Crippen molar-refractivity contribution in [2.24, 2.45) is 0 Å². The van der Waals surface area contributed by atoms with Crippen molar-refractivity contribution < 1.29 is 14.3 Å². The first-order valence-electron chi connectivity index (χ1n) is 7.98. The SMILES string of the molecule is Cc1cc(OC2CCN(C(=O)c3ccc[n+]([O-])c3)CC2)nc(C)n1. The lowest BCUT2D eigenvalue weighted by Gasteiger charge is -2.31. The highest BCUT2D eigenvalue weighted by Crippen LogP contribution is 2.19. The zero-order valence-corrected chi connectivity index (χ0v) is 13.8. The number of pyridine rings is 1. The number of amides is 1. The standard InChI is InChI=1S/C17H20N4O3/c1-12-10-16(19-13(2)18-12)24-15-5-8-20(9-6-15)17(22)14-4-3-7-21(23)11-14/h3-4,7,10-11,15H,5-6,8-9H2,1-2H3.